The van der Waals surface area contributed by atoms with Crippen LogP contribution in [0.3, 0.4) is 0 Å². The highest BCUT2D eigenvalue weighted by Gasteiger charge is 2.26. The Kier molecular flexibility index (Phi) is 2.98. The molecule has 0 atom stereocenters. The van der Waals surface area contributed by atoms with Crippen LogP contribution < -0.4 is 10.9 Å². The molecule has 96 valence electrons. The first-order chi connectivity index (χ1) is 8.37. The number of aromatic nitrogens is 2. The van der Waals surface area contributed by atoms with E-state index in [0.717, 1.165) is 0 Å². The van der Waals surface area contributed by atoms with Crippen LogP contribution in [-0.4, -0.2) is 22.3 Å². The molecule has 2 aromatic rings. The summed E-state index contributed by atoms with van der Waals surface area (Å²) >= 11 is 0. The molecule has 4 nitrogen and oxygen atoms in total. The van der Waals surface area contributed by atoms with Gasteiger partial charge in [-0.25, -0.2) is 4.98 Å². The molecular weight excluding hydrogens is 247 g/mol. The van der Waals surface area contributed by atoms with Gasteiger partial charge in [0.25, 0.3) is 5.56 Å². The van der Waals surface area contributed by atoms with Crippen LogP contribution in [0, 0.1) is 0 Å². The van der Waals surface area contributed by atoms with Crippen molar-refractivity contribution in [3.05, 3.63) is 34.9 Å². The fourth-order valence-electron chi connectivity index (χ4n) is 1.52. The molecule has 0 aliphatic carbocycles. The van der Waals surface area contributed by atoms with Gasteiger partial charge in [-0.2, -0.15) is 13.2 Å². The van der Waals surface area contributed by atoms with E-state index in [1.165, 1.54) is 29.1 Å². The summed E-state index contributed by atoms with van der Waals surface area (Å²) in [6.45, 7) is -1.12. The van der Waals surface area contributed by atoms with Crippen LogP contribution in [0.15, 0.2) is 29.3 Å². The fourth-order valence-corrected chi connectivity index (χ4v) is 1.52. The van der Waals surface area contributed by atoms with Gasteiger partial charge < -0.3 is 9.88 Å². The van der Waals surface area contributed by atoms with Crippen LogP contribution in [0.5, 0.6) is 0 Å². The average molecular weight is 257 g/mol. The molecule has 0 aliphatic rings. The predicted octanol–water partition coefficient (Wildman–Crippen LogP) is 1.91. The summed E-state index contributed by atoms with van der Waals surface area (Å²) < 4.78 is 37.4. The van der Waals surface area contributed by atoms with Gasteiger partial charge in [0.1, 0.15) is 6.54 Å². The Bertz CT molecular complexity index is 633. The highest BCUT2D eigenvalue weighted by molar-refractivity contribution is 5.81. The van der Waals surface area contributed by atoms with Crippen molar-refractivity contribution in [1.82, 2.24) is 9.55 Å². The molecule has 0 fully saturated rings. The van der Waals surface area contributed by atoms with E-state index in [1.807, 2.05) is 0 Å². The van der Waals surface area contributed by atoms with Crippen molar-refractivity contribution in [3.8, 4) is 0 Å². The van der Waals surface area contributed by atoms with Crippen molar-refractivity contribution in [2.45, 2.75) is 6.18 Å². The molecule has 0 saturated heterocycles. The van der Waals surface area contributed by atoms with Crippen molar-refractivity contribution in [1.29, 1.82) is 0 Å². The minimum absolute atomic E-state index is 0.234. The number of alkyl halides is 3. The Hall–Kier alpha value is -2.05. The van der Waals surface area contributed by atoms with Gasteiger partial charge in [0.2, 0.25) is 0 Å². The van der Waals surface area contributed by atoms with E-state index < -0.39 is 12.7 Å². The lowest BCUT2D eigenvalue weighted by Gasteiger charge is -2.10. The van der Waals surface area contributed by atoms with E-state index in [0.29, 0.717) is 10.9 Å². The lowest BCUT2D eigenvalue weighted by atomic mass is 10.2. The zero-order valence-electron chi connectivity index (χ0n) is 9.45. The smallest absolute Gasteiger partial charge is 0.376 e. The summed E-state index contributed by atoms with van der Waals surface area (Å²) in [5, 5.41) is 2.61. The van der Waals surface area contributed by atoms with Gasteiger partial charge in [-0.05, 0) is 18.2 Å². The van der Waals surface area contributed by atoms with Crippen LogP contribution in [0.25, 0.3) is 10.9 Å². The first kappa shape index (κ1) is 12.4. The third-order valence-corrected chi connectivity index (χ3v) is 2.41. The van der Waals surface area contributed by atoms with Crippen LogP contribution in [-0.2, 0) is 7.05 Å². The number of anilines is 1. The Balaban J connectivity index is 2.34. The summed E-state index contributed by atoms with van der Waals surface area (Å²) in [4.78, 5) is 15.7. The second kappa shape index (κ2) is 4.32. The van der Waals surface area contributed by atoms with Gasteiger partial charge in [0, 0.05) is 12.7 Å². The Morgan fingerprint density at radius 2 is 2.11 bits per heavy atom. The largest absolute Gasteiger partial charge is 0.405 e. The Morgan fingerprint density at radius 1 is 1.39 bits per heavy atom. The molecule has 0 amide bonds. The number of hydrogen-bond acceptors (Lipinski definition) is 3. The lowest BCUT2D eigenvalue weighted by Crippen LogP contribution is -2.21. The van der Waals surface area contributed by atoms with Crippen molar-refractivity contribution >= 4 is 16.6 Å². The maximum Gasteiger partial charge on any atom is 0.405 e. The second-order valence-electron chi connectivity index (χ2n) is 3.86. The van der Waals surface area contributed by atoms with Gasteiger partial charge in [-0.3, -0.25) is 4.79 Å². The van der Waals surface area contributed by atoms with Crippen LogP contribution in [0.2, 0.25) is 0 Å². The minimum Gasteiger partial charge on any atom is -0.376 e. The van der Waals surface area contributed by atoms with Crippen molar-refractivity contribution in [2.24, 2.45) is 7.05 Å². The van der Waals surface area contributed by atoms with Gasteiger partial charge in [0.05, 0.1) is 17.2 Å². The molecule has 0 saturated carbocycles. The van der Waals surface area contributed by atoms with Gasteiger partial charge in [-0.1, -0.05) is 0 Å². The summed E-state index contributed by atoms with van der Waals surface area (Å²) in [5.74, 6) is 0. The quantitative estimate of drug-likeness (QED) is 0.893. The average Bonchev–Trinajstić information content (AvgIpc) is 2.30. The first-order valence-corrected chi connectivity index (χ1v) is 5.13. The van der Waals surface area contributed by atoms with Gasteiger partial charge in [-0.15, -0.1) is 0 Å². The maximum absolute atomic E-state index is 12.0. The number of hydrogen-bond donors (Lipinski definition) is 1. The number of aryl methyl sites for hydroxylation is 1. The fraction of sp³-hybridized carbons (Fsp3) is 0.273. The molecule has 7 heteroatoms. The molecule has 0 radical (unpaired) electrons. The van der Waals surface area contributed by atoms with E-state index in [1.54, 1.807) is 7.05 Å². The Morgan fingerprint density at radius 3 is 2.78 bits per heavy atom. The number of fused-ring (bicyclic) bond motifs is 1. The van der Waals surface area contributed by atoms with Gasteiger partial charge >= 0.3 is 6.18 Å². The molecule has 18 heavy (non-hydrogen) atoms. The third-order valence-electron chi connectivity index (χ3n) is 2.41. The molecule has 0 spiro atoms. The first-order valence-electron chi connectivity index (χ1n) is 5.13. The molecular formula is C11H10F3N3O. The molecule has 1 aromatic heterocycles. The van der Waals surface area contributed by atoms with E-state index in [9.17, 15) is 18.0 Å². The number of rotatable bonds is 2. The second-order valence-corrected chi connectivity index (χ2v) is 3.86. The van der Waals surface area contributed by atoms with Crippen LogP contribution in [0.4, 0.5) is 18.9 Å². The Labute approximate surface area is 100 Å². The molecule has 1 N–H and O–H groups in total. The number of halogens is 3. The predicted molar refractivity (Wildman–Crippen MR) is 61.5 cm³/mol. The summed E-state index contributed by atoms with van der Waals surface area (Å²) in [5.41, 5.74) is 0.410. The monoisotopic (exact) mass is 257 g/mol. The number of nitrogens with one attached hydrogen (secondary N) is 1. The van der Waals surface area contributed by atoms with E-state index in [4.69, 9.17) is 0 Å². The summed E-state index contributed by atoms with van der Waals surface area (Å²) in [6.07, 6.45) is -2.95. The highest BCUT2D eigenvalue weighted by atomic mass is 19.4. The molecule has 0 bridgehead atoms. The topological polar surface area (TPSA) is 46.9 Å². The molecule has 0 unspecified atom stereocenters. The number of nitrogens with zero attached hydrogens (tertiary/aromatic N) is 2. The summed E-state index contributed by atoms with van der Waals surface area (Å²) in [6, 6.07) is 4.31. The third kappa shape index (κ3) is 2.61. The maximum atomic E-state index is 12.0. The molecule has 1 aromatic carbocycles. The normalized spacial score (nSPS) is 11.8. The van der Waals surface area contributed by atoms with Gasteiger partial charge in [0.15, 0.2) is 0 Å². The van der Waals surface area contributed by atoms with Crippen LogP contribution in [0.1, 0.15) is 0 Å². The molecule has 1 heterocycles. The van der Waals surface area contributed by atoms with E-state index in [2.05, 4.69) is 10.3 Å². The lowest BCUT2D eigenvalue weighted by molar-refractivity contribution is -0.115. The standard InChI is InChI=1S/C11H10F3N3O/c1-17-6-16-9-4-7(15-5-11(12,13)14)2-3-8(9)10(17)18/h2-4,6,15H,5H2,1H3. The van der Waals surface area contributed by atoms with E-state index in [-0.39, 0.29) is 11.2 Å². The SMILES string of the molecule is Cn1cnc2cc(NCC(F)(F)F)ccc2c1=O. The van der Waals surface area contributed by atoms with Crippen molar-refractivity contribution in [2.75, 3.05) is 11.9 Å². The minimum atomic E-state index is -4.28. The van der Waals surface area contributed by atoms with Crippen molar-refractivity contribution < 1.29 is 13.2 Å². The zero-order valence-corrected chi connectivity index (χ0v) is 9.45. The van der Waals surface area contributed by atoms with E-state index >= 15 is 0 Å². The molecule has 0 aliphatic heterocycles. The van der Waals surface area contributed by atoms with Crippen molar-refractivity contribution in [3.63, 3.8) is 0 Å². The number of benzene rings is 1. The highest BCUT2D eigenvalue weighted by Crippen LogP contribution is 2.18. The zero-order chi connectivity index (χ0) is 13.3. The molecule has 2 rings (SSSR count). The summed E-state index contributed by atoms with van der Waals surface area (Å²) in [7, 11) is 1.56. The van der Waals surface area contributed by atoms with Crippen LogP contribution >= 0.6 is 0 Å².